The number of esters is 1. The summed E-state index contributed by atoms with van der Waals surface area (Å²) >= 11 is 0. The normalized spacial score (nSPS) is 12.1. The van der Waals surface area contributed by atoms with Crippen molar-refractivity contribution >= 4 is 11.9 Å². The summed E-state index contributed by atoms with van der Waals surface area (Å²) in [4.78, 5) is 21.5. The van der Waals surface area contributed by atoms with E-state index >= 15 is 0 Å². The summed E-state index contributed by atoms with van der Waals surface area (Å²) in [7, 11) is 0. The lowest BCUT2D eigenvalue weighted by molar-refractivity contribution is -0.147. The highest BCUT2D eigenvalue weighted by Crippen LogP contribution is 2.07. The van der Waals surface area contributed by atoms with Gasteiger partial charge in [-0.15, -0.1) is 0 Å². The van der Waals surface area contributed by atoms with E-state index in [9.17, 15) is 14.7 Å². The average Bonchev–Trinajstić information content (AvgIpc) is 2.37. The van der Waals surface area contributed by atoms with E-state index in [4.69, 9.17) is 9.84 Å². The number of aliphatic hydroxyl groups excluding tert-OH is 1. The minimum absolute atomic E-state index is 0.0455. The molecule has 0 bridgehead atoms. The number of unbranched alkanes of at least 4 members (excludes halogenated alkanes) is 4. The van der Waals surface area contributed by atoms with Gasteiger partial charge in [-0.25, -0.2) is 0 Å². The first kappa shape index (κ1) is 17.9. The van der Waals surface area contributed by atoms with E-state index in [2.05, 4.69) is 6.92 Å². The van der Waals surface area contributed by atoms with Crippen LogP contribution in [0.4, 0.5) is 0 Å². The lowest BCUT2D eigenvalue weighted by Gasteiger charge is -2.11. The Labute approximate surface area is 115 Å². The van der Waals surface area contributed by atoms with Gasteiger partial charge in [-0.05, 0) is 19.3 Å². The first-order valence-corrected chi connectivity index (χ1v) is 7.11. The Morgan fingerprint density at radius 2 is 1.74 bits per heavy atom. The molecule has 0 aromatic rings. The minimum atomic E-state index is -0.851. The second-order valence-electron chi connectivity index (χ2n) is 4.79. The van der Waals surface area contributed by atoms with Crippen LogP contribution in [-0.2, 0) is 14.3 Å². The highest BCUT2D eigenvalue weighted by atomic mass is 16.5. The lowest BCUT2D eigenvalue weighted by atomic mass is 10.1. The van der Waals surface area contributed by atoms with Gasteiger partial charge in [-0.3, -0.25) is 9.59 Å². The van der Waals surface area contributed by atoms with Crippen molar-refractivity contribution < 1.29 is 24.5 Å². The molecular weight excluding hydrogens is 248 g/mol. The third kappa shape index (κ3) is 13.1. The number of carbonyl (C=O) groups is 2. The zero-order valence-corrected chi connectivity index (χ0v) is 11.8. The van der Waals surface area contributed by atoms with Gasteiger partial charge in [0.15, 0.2) is 0 Å². The predicted octanol–water partition coefficient (Wildman–Crippen LogP) is 2.51. The Morgan fingerprint density at radius 3 is 2.37 bits per heavy atom. The molecule has 1 atom stereocenters. The van der Waals surface area contributed by atoms with Crippen molar-refractivity contribution in [3.8, 4) is 0 Å². The van der Waals surface area contributed by atoms with Crippen molar-refractivity contribution in [2.45, 2.75) is 70.8 Å². The molecule has 5 nitrogen and oxygen atoms in total. The molecule has 0 fully saturated rings. The van der Waals surface area contributed by atoms with Gasteiger partial charge in [0, 0.05) is 12.8 Å². The molecule has 0 aromatic heterocycles. The Kier molecular flexibility index (Phi) is 11.3. The minimum Gasteiger partial charge on any atom is -0.481 e. The summed E-state index contributed by atoms with van der Waals surface area (Å²) in [6, 6.07) is 0. The zero-order chi connectivity index (χ0) is 14.5. The molecule has 112 valence electrons. The monoisotopic (exact) mass is 274 g/mol. The Balaban J connectivity index is 3.42. The van der Waals surface area contributed by atoms with E-state index in [1.165, 1.54) is 0 Å². The van der Waals surface area contributed by atoms with Crippen molar-refractivity contribution in [1.29, 1.82) is 0 Å². The number of rotatable bonds is 12. The van der Waals surface area contributed by atoms with Crippen LogP contribution in [0.3, 0.4) is 0 Å². The summed E-state index contributed by atoms with van der Waals surface area (Å²) in [5.74, 6) is -1.21. The van der Waals surface area contributed by atoms with Gasteiger partial charge < -0.3 is 14.9 Å². The maximum atomic E-state index is 11.3. The number of aliphatic hydroxyl groups is 1. The zero-order valence-electron chi connectivity index (χ0n) is 11.8. The number of ether oxygens (including phenoxy) is 1. The first-order chi connectivity index (χ1) is 9.06. The van der Waals surface area contributed by atoms with Crippen molar-refractivity contribution in [2.75, 3.05) is 6.61 Å². The quantitative estimate of drug-likeness (QED) is 0.422. The van der Waals surface area contributed by atoms with Crippen molar-refractivity contribution in [3.05, 3.63) is 0 Å². The van der Waals surface area contributed by atoms with Crippen LogP contribution in [0.25, 0.3) is 0 Å². The molecule has 0 rings (SSSR count). The van der Waals surface area contributed by atoms with Crippen LogP contribution >= 0.6 is 0 Å². The molecule has 0 saturated heterocycles. The summed E-state index contributed by atoms with van der Waals surface area (Å²) in [6.45, 7) is 2.17. The molecule has 0 aromatic carbocycles. The third-order valence-electron chi connectivity index (χ3n) is 2.85. The summed E-state index contributed by atoms with van der Waals surface area (Å²) in [6.07, 6.45) is 5.72. The number of carboxylic acids is 1. The smallest absolute Gasteiger partial charge is 0.305 e. The van der Waals surface area contributed by atoms with Gasteiger partial charge in [0.2, 0.25) is 0 Å². The van der Waals surface area contributed by atoms with E-state index in [0.29, 0.717) is 19.3 Å². The Bertz CT molecular complexity index is 252. The van der Waals surface area contributed by atoms with Crippen molar-refractivity contribution in [3.63, 3.8) is 0 Å². The first-order valence-electron chi connectivity index (χ1n) is 7.11. The molecule has 0 spiro atoms. The van der Waals surface area contributed by atoms with Crippen molar-refractivity contribution in [2.24, 2.45) is 0 Å². The van der Waals surface area contributed by atoms with E-state index < -0.39 is 12.1 Å². The number of carbonyl (C=O) groups excluding carboxylic acids is 1. The molecule has 5 heteroatoms. The fourth-order valence-corrected chi connectivity index (χ4v) is 1.70. The standard InChI is InChI=1S/C14H26O5/c1-2-3-4-5-8-12(15)11-19-14(18)10-7-6-9-13(16)17/h12,15H,2-11H2,1H3,(H,16,17). The molecule has 0 saturated carbocycles. The molecule has 0 heterocycles. The number of hydrogen-bond acceptors (Lipinski definition) is 4. The molecule has 0 aliphatic carbocycles. The molecule has 0 amide bonds. The lowest BCUT2D eigenvalue weighted by Crippen LogP contribution is -2.18. The van der Waals surface area contributed by atoms with E-state index in [0.717, 1.165) is 25.7 Å². The Morgan fingerprint density at radius 1 is 1.05 bits per heavy atom. The molecule has 1 unspecified atom stereocenters. The number of hydrogen-bond donors (Lipinski definition) is 2. The van der Waals surface area contributed by atoms with Crippen LogP contribution in [-0.4, -0.2) is 34.9 Å². The molecular formula is C14H26O5. The summed E-state index contributed by atoms with van der Waals surface area (Å²) in [5, 5.41) is 18.0. The highest BCUT2D eigenvalue weighted by Gasteiger charge is 2.09. The maximum absolute atomic E-state index is 11.3. The largest absolute Gasteiger partial charge is 0.481 e. The van der Waals surface area contributed by atoms with Crippen LogP contribution < -0.4 is 0 Å². The van der Waals surface area contributed by atoms with Crippen LogP contribution in [0.1, 0.15) is 64.7 Å². The molecule has 0 radical (unpaired) electrons. The summed E-state index contributed by atoms with van der Waals surface area (Å²) < 4.78 is 4.93. The van der Waals surface area contributed by atoms with Crippen molar-refractivity contribution in [1.82, 2.24) is 0 Å². The van der Waals surface area contributed by atoms with Crippen LogP contribution in [0, 0.1) is 0 Å². The fourth-order valence-electron chi connectivity index (χ4n) is 1.70. The second kappa shape index (κ2) is 12.0. The van der Waals surface area contributed by atoms with Gasteiger partial charge in [0.05, 0.1) is 6.10 Å². The summed E-state index contributed by atoms with van der Waals surface area (Å²) in [5.41, 5.74) is 0. The van der Waals surface area contributed by atoms with Gasteiger partial charge in [0.1, 0.15) is 6.61 Å². The highest BCUT2D eigenvalue weighted by molar-refractivity contribution is 5.69. The van der Waals surface area contributed by atoms with Gasteiger partial charge >= 0.3 is 11.9 Å². The fraction of sp³-hybridized carbons (Fsp3) is 0.857. The van der Waals surface area contributed by atoms with Gasteiger partial charge in [0.25, 0.3) is 0 Å². The molecule has 19 heavy (non-hydrogen) atoms. The van der Waals surface area contributed by atoms with Gasteiger partial charge in [-0.1, -0.05) is 32.6 Å². The Hall–Kier alpha value is -1.10. The third-order valence-corrected chi connectivity index (χ3v) is 2.85. The SMILES string of the molecule is CCCCCCC(O)COC(=O)CCCCC(=O)O. The predicted molar refractivity (Wildman–Crippen MR) is 71.8 cm³/mol. The van der Waals surface area contributed by atoms with E-state index in [1.807, 2.05) is 0 Å². The van der Waals surface area contributed by atoms with E-state index in [-0.39, 0.29) is 25.4 Å². The molecule has 0 aliphatic heterocycles. The number of carboxylic acid groups (broad SMARTS) is 1. The molecule has 0 aliphatic rings. The molecule has 2 N–H and O–H groups in total. The van der Waals surface area contributed by atoms with Crippen LogP contribution in [0.5, 0.6) is 0 Å². The second-order valence-corrected chi connectivity index (χ2v) is 4.79. The maximum Gasteiger partial charge on any atom is 0.305 e. The average molecular weight is 274 g/mol. The van der Waals surface area contributed by atoms with Crippen LogP contribution in [0.15, 0.2) is 0 Å². The van der Waals surface area contributed by atoms with Crippen LogP contribution in [0.2, 0.25) is 0 Å². The number of aliphatic carboxylic acids is 1. The van der Waals surface area contributed by atoms with Gasteiger partial charge in [-0.2, -0.15) is 0 Å². The van der Waals surface area contributed by atoms with E-state index in [1.54, 1.807) is 0 Å². The topological polar surface area (TPSA) is 83.8 Å².